The average molecular weight is 917 g/mol. The number of aliphatic hydroxyl groups is 9. The van der Waals surface area contributed by atoms with Crippen LogP contribution in [0.2, 0.25) is 0 Å². The summed E-state index contributed by atoms with van der Waals surface area (Å²) < 4.78 is 43.6. The molecule has 0 radical (unpaired) electrons. The van der Waals surface area contributed by atoms with Crippen LogP contribution in [0.3, 0.4) is 0 Å². The lowest BCUT2D eigenvalue weighted by molar-refractivity contribution is -0.371. The molecule has 4 saturated carbocycles. The van der Waals surface area contributed by atoms with E-state index in [0.29, 0.717) is 18.8 Å². The third kappa shape index (κ3) is 9.46. The quantitative estimate of drug-likeness (QED) is 0.0937. The number of carbonyl (C=O) groups is 1. The number of esters is 1. The molecule has 26 atom stereocenters. The summed E-state index contributed by atoms with van der Waals surface area (Å²) in [6.45, 7) is 15.4. The first-order valence-corrected chi connectivity index (χ1v) is 24.3. The minimum absolute atomic E-state index is 0.0400. The second kappa shape index (κ2) is 20.1. The van der Waals surface area contributed by atoms with Crippen molar-refractivity contribution in [2.45, 2.75) is 230 Å². The van der Waals surface area contributed by atoms with Gasteiger partial charge in [0, 0.05) is 12.8 Å². The summed E-state index contributed by atoms with van der Waals surface area (Å²) in [5.74, 6) is 0.879. The molecule has 0 unspecified atom stereocenters. The lowest BCUT2D eigenvalue weighted by Crippen LogP contribution is -2.64. The van der Waals surface area contributed by atoms with Crippen LogP contribution in [0.4, 0.5) is 0 Å². The highest BCUT2D eigenvalue weighted by molar-refractivity contribution is 5.66. The van der Waals surface area contributed by atoms with Gasteiger partial charge in [-0.2, -0.15) is 0 Å². The molecule has 7 rings (SSSR count). The zero-order valence-electron chi connectivity index (χ0n) is 39.0. The maximum absolute atomic E-state index is 13.0. The van der Waals surface area contributed by atoms with Crippen molar-refractivity contribution < 1.29 is 83.9 Å². The highest BCUT2D eigenvalue weighted by Crippen LogP contribution is 2.69. The van der Waals surface area contributed by atoms with Crippen LogP contribution in [-0.2, 0) is 38.0 Å². The van der Waals surface area contributed by atoms with E-state index in [4.69, 9.17) is 33.2 Å². The summed E-state index contributed by atoms with van der Waals surface area (Å²) >= 11 is 0. The Labute approximate surface area is 378 Å². The van der Waals surface area contributed by atoms with Gasteiger partial charge in [-0.1, -0.05) is 53.9 Å². The van der Waals surface area contributed by atoms with E-state index in [-0.39, 0.29) is 52.4 Å². The smallest absolute Gasteiger partial charge is 0.303 e. The number of fused-ring (bicyclic) bond motifs is 5. The van der Waals surface area contributed by atoms with Crippen LogP contribution < -0.4 is 0 Å². The maximum Gasteiger partial charge on any atom is 0.303 e. The number of carbonyl (C=O) groups excluding carboxylic acids is 1. The summed E-state index contributed by atoms with van der Waals surface area (Å²) in [5.41, 5.74) is -0.415. The van der Waals surface area contributed by atoms with Gasteiger partial charge in [0.1, 0.15) is 73.2 Å². The lowest BCUT2D eigenvalue weighted by Gasteiger charge is -2.61. The Balaban J connectivity index is 1.13. The molecule has 0 spiro atoms. The van der Waals surface area contributed by atoms with Crippen molar-refractivity contribution in [1.82, 2.24) is 0 Å². The fourth-order valence-corrected chi connectivity index (χ4v) is 14.0. The first-order valence-electron chi connectivity index (χ1n) is 24.3. The molecule has 64 heavy (non-hydrogen) atoms. The predicted octanol–water partition coefficient (Wildman–Crippen LogP) is 1.51. The molecule has 3 aliphatic heterocycles. The zero-order valence-corrected chi connectivity index (χ0v) is 39.0. The van der Waals surface area contributed by atoms with Crippen LogP contribution in [0.5, 0.6) is 0 Å². The molecule has 7 fully saturated rings. The number of ether oxygens (including phenoxy) is 7. The third-order valence-electron chi connectivity index (χ3n) is 17.4. The van der Waals surface area contributed by atoms with Crippen molar-refractivity contribution in [3.63, 3.8) is 0 Å². The molecular weight excluding hydrogens is 836 g/mol. The van der Waals surface area contributed by atoms with Crippen molar-refractivity contribution in [1.29, 1.82) is 0 Å². The number of aliphatic hydroxyl groups excluding tert-OH is 9. The Morgan fingerprint density at radius 3 is 1.83 bits per heavy atom. The SMILES string of the molecule is CC(=O)O[C@H]1[C@@H](O[C@@H]2O[C@@H](C)[C@H](O)[C@@H](O)[C@H]2O)[C@H]2[C@@H]3CC[C@H]4C[C@@H](O[C@H]5O[C@@H](CO)[C@H](O)[C@@H](O)[C@@H]5O[C@@H]5O[C@@H](C)[C@H](O)[C@@H](O)[C@H]5O)CC[C@]4(C)[C@H]3CC[C@]2(C)[C@H]1[C@H](C)CCCC(C)C. The van der Waals surface area contributed by atoms with Gasteiger partial charge in [-0.25, -0.2) is 0 Å². The van der Waals surface area contributed by atoms with Crippen LogP contribution >= 0.6 is 0 Å². The van der Waals surface area contributed by atoms with Gasteiger partial charge < -0.3 is 79.1 Å². The molecule has 17 nitrogen and oxygen atoms in total. The Bertz CT molecular complexity index is 1560. The van der Waals surface area contributed by atoms with Gasteiger partial charge in [-0.3, -0.25) is 4.79 Å². The average Bonchev–Trinajstić information content (AvgIpc) is 3.48. The summed E-state index contributed by atoms with van der Waals surface area (Å²) in [6, 6.07) is 0. The zero-order chi connectivity index (χ0) is 46.7. The predicted molar refractivity (Wildman–Crippen MR) is 226 cm³/mol. The van der Waals surface area contributed by atoms with Gasteiger partial charge in [0.25, 0.3) is 0 Å². The Kier molecular flexibility index (Phi) is 15.9. The van der Waals surface area contributed by atoms with E-state index >= 15 is 0 Å². The number of hydrogen-bond donors (Lipinski definition) is 9. The Hall–Kier alpha value is -1.13. The summed E-state index contributed by atoms with van der Waals surface area (Å²) in [4.78, 5) is 13.0. The standard InChI is InChI=1S/C47H80O17/c1-20(2)10-9-11-21(3)30-40(60-24(6)49)41(63-43-38(56)35(53)32(50)22(4)58-43)31-27-13-12-25-18-26(14-16-46(25,7)28(27)15-17-47(30,31)8)61-45-42(37(55)34(52)29(19-48)62-45)64-44-39(57)36(54)33(51)23(5)59-44/h20-23,25-45,48,50-57H,9-19H2,1-8H3/t21-,22+,23+,25+,26+,27-,28+,29+,30+,31-,32+,33+,34+,35-,36-,37-,38-,39-,40-,41+,42+,43+,44+,45+,46+,47-/m1/s1. The van der Waals surface area contributed by atoms with Gasteiger partial charge in [-0.05, 0) is 105 Å². The molecule has 3 heterocycles. The van der Waals surface area contributed by atoms with Gasteiger partial charge in [0.15, 0.2) is 18.9 Å². The molecule has 0 aromatic carbocycles. The minimum Gasteiger partial charge on any atom is -0.459 e. The van der Waals surface area contributed by atoms with Crippen LogP contribution in [0.25, 0.3) is 0 Å². The van der Waals surface area contributed by atoms with E-state index in [1.54, 1.807) is 6.92 Å². The number of rotatable bonds is 13. The van der Waals surface area contributed by atoms with Gasteiger partial charge >= 0.3 is 5.97 Å². The highest BCUT2D eigenvalue weighted by Gasteiger charge is 2.69. The molecule has 7 aliphatic rings. The van der Waals surface area contributed by atoms with Crippen LogP contribution in [0.15, 0.2) is 0 Å². The second-order valence-electron chi connectivity index (χ2n) is 21.8. The van der Waals surface area contributed by atoms with E-state index in [0.717, 1.165) is 51.4 Å². The van der Waals surface area contributed by atoms with Crippen molar-refractivity contribution in [2.75, 3.05) is 6.61 Å². The Morgan fingerprint density at radius 2 is 1.25 bits per heavy atom. The molecule has 0 aromatic heterocycles. The van der Waals surface area contributed by atoms with E-state index < -0.39 is 117 Å². The fraction of sp³-hybridized carbons (Fsp3) is 0.979. The lowest BCUT2D eigenvalue weighted by atomic mass is 9.44. The largest absolute Gasteiger partial charge is 0.459 e. The van der Waals surface area contributed by atoms with Crippen LogP contribution in [0, 0.1) is 52.3 Å². The minimum atomic E-state index is -1.67. The van der Waals surface area contributed by atoms with Crippen molar-refractivity contribution in [3.05, 3.63) is 0 Å². The van der Waals surface area contributed by atoms with E-state index in [1.165, 1.54) is 13.8 Å². The topological polar surface area (TPSA) is 264 Å². The van der Waals surface area contributed by atoms with Crippen LogP contribution in [-0.4, -0.2) is 169 Å². The van der Waals surface area contributed by atoms with Crippen molar-refractivity contribution in [3.8, 4) is 0 Å². The normalized spacial score (nSPS) is 52.4. The molecular formula is C47H80O17. The second-order valence-corrected chi connectivity index (χ2v) is 21.8. The van der Waals surface area contributed by atoms with Crippen molar-refractivity contribution >= 4 is 5.97 Å². The van der Waals surface area contributed by atoms with Gasteiger partial charge in [-0.15, -0.1) is 0 Å². The van der Waals surface area contributed by atoms with Gasteiger partial charge in [0.05, 0.1) is 24.9 Å². The van der Waals surface area contributed by atoms with E-state index in [1.807, 2.05) is 0 Å². The molecule has 0 amide bonds. The summed E-state index contributed by atoms with van der Waals surface area (Å²) in [7, 11) is 0. The van der Waals surface area contributed by atoms with Gasteiger partial charge in [0.2, 0.25) is 0 Å². The molecule has 4 aliphatic carbocycles. The molecule has 370 valence electrons. The molecule has 17 heteroatoms. The van der Waals surface area contributed by atoms with E-state index in [9.17, 15) is 50.8 Å². The number of hydrogen-bond acceptors (Lipinski definition) is 17. The first kappa shape index (κ1) is 50.7. The van der Waals surface area contributed by atoms with Crippen LogP contribution in [0.1, 0.15) is 120 Å². The Morgan fingerprint density at radius 1 is 0.656 bits per heavy atom. The monoisotopic (exact) mass is 917 g/mol. The molecule has 0 aromatic rings. The van der Waals surface area contributed by atoms with Crippen molar-refractivity contribution in [2.24, 2.45) is 52.3 Å². The summed E-state index contributed by atoms with van der Waals surface area (Å²) in [5, 5.41) is 96.3. The maximum atomic E-state index is 13.0. The van der Waals surface area contributed by atoms with E-state index in [2.05, 4.69) is 34.6 Å². The third-order valence-corrected chi connectivity index (χ3v) is 17.4. The molecule has 9 N–H and O–H groups in total. The first-order chi connectivity index (χ1) is 30.1. The summed E-state index contributed by atoms with van der Waals surface area (Å²) in [6.07, 6.45) is -13.3. The highest BCUT2D eigenvalue weighted by atomic mass is 16.8. The molecule has 3 saturated heterocycles. The fourth-order valence-electron chi connectivity index (χ4n) is 14.0. The molecule has 0 bridgehead atoms.